The average molecular weight is 733 g/mol. The normalized spacial score (nSPS) is 11.2. The maximum atomic E-state index is 12.3. The smallest absolute Gasteiger partial charge is 0.407 e. The highest BCUT2D eigenvalue weighted by Gasteiger charge is 2.18. The molecule has 252 valence electrons. The zero-order chi connectivity index (χ0) is 34.6. The highest BCUT2D eigenvalue weighted by Crippen LogP contribution is 2.27. The number of carbonyl (C=O) groups is 3. The minimum atomic E-state index is -0.406. The van der Waals surface area contributed by atoms with Gasteiger partial charge in [0.05, 0.1) is 11.4 Å². The average Bonchev–Trinajstić information content (AvgIpc) is 3.59. The number of aromatic nitrogens is 2. The van der Waals surface area contributed by atoms with E-state index < -0.39 is 5.60 Å². The van der Waals surface area contributed by atoms with Crippen LogP contribution in [0.3, 0.4) is 0 Å². The number of amides is 1. The Hall–Kier alpha value is -2.69. The van der Waals surface area contributed by atoms with Gasteiger partial charge in [-0.05, 0) is 76.1 Å². The lowest BCUT2D eigenvalue weighted by molar-refractivity contribution is 0.0531. The summed E-state index contributed by atoms with van der Waals surface area (Å²) in [7, 11) is 0. The summed E-state index contributed by atoms with van der Waals surface area (Å²) < 4.78 is 7.15. The summed E-state index contributed by atoms with van der Waals surface area (Å²) in [5, 5.41) is 5.58. The van der Waals surface area contributed by atoms with E-state index in [9.17, 15) is 14.4 Å². The third-order valence-corrected chi connectivity index (χ3v) is 8.56. The van der Waals surface area contributed by atoms with Crippen LogP contribution in [0, 0.1) is 11.8 Å². The van der Waals surface area contributed by atoms with Crippen LogP contribution in [0.5, 0.6) is 0 Å². The van der Waals surface area contributed by atoms with E-state index in [2.05, 4.69) is 80.4 Å². The van der Waals surface area contributed by atoms with Crippen molar-refractivity contribution >= 4 is 78.9 Å². The van der Waals surface area contributed by atoms with Gasteiger partial charge in [0.1, 0.15) is 5.60 Å². The van der Waals surface area contributed by atoms with Crippen molar-refractivity contribution in [1.82, 2.24) is 14.9 Å². The summed E-state index contributed by atoms with van der Waals surface area (Å²) in [6, 6.07) is 16.6. The summed E-state index contributed by atoms with van der Waals surface area (Å²) in [5.41, 5.74) is 3.37. The maximum Gasteiger partial charge on any atom is 0.407 e. The van der Waals surface area contributed by atoms with Gasteiger partial charge in [-0.25, -0.2) is 4.79 Å². The lowest BCUT2D eigenvalue weighted by Gasteiger charge is -2.19. The molecule has 4 aromatic rings. The van der Waals surface area contributed by atoms with Crippen molar-refractivity contribution in [1.29, 1.82) is 0 Å². The number of Topliss-reactive ketones (excluding diaryl/α,β-unsaturated/α-hetero) is 2. The second kappa shape index (κ2) is 18.6. The van der Waals surface area contributed by atoms with Crippen molar-refractivity contribution < 1.29 is 19.1 Å². The molecule has 0 radical (unpaired) electrons. The van der Waals surface area contributed by atoms with Crippen molar-refractivity contribution in [3.8, 4) is 0 Å². The number of ketones is 2. The van der Waals surface area contributed by atoms with E-state index in [1.165, 1.54) is 15.3 Å². The monoisotopic (exact) mass is 731 g/mol. The number of thioether (sulfide) groups is 2. The number of nitrogens with zero attached hydrogens (tertiary/aromatic N) is 1. The van der Waals surface area contributed by atoms with Crippen LogP contribution in [-0.2, 0) is 11.3 Å². The molecule has 0 aliphatic carbocycles. The zero-order valence-electron chi connectivity index (χ0n) is 28.9. The molecular formula is C36H50BrN3O4S2. The predicted octanol–water partition coefficient (Wildman–Crippen LogP) is 10.2. The number of hydrogen-bond acceptors (Lipinski definition) is 6. The number of nitrogens with one attached hydrogen (secondary N) is 2. The Labute approximate surface area is 291 Å². The minimum absolute atomic E-state index is 0.0353. The summed E-state index contributed by atoms with van der Waals surface area (Å²) in [4.78, 5) is 40.7. The molecular weight excluding hydrogens is 682 g/mol. The highest BCUT2D eigenvalue weighted by molar-refractivity contribution is 9.09. The topological polar surface area (TPSA) is 93.2 Å². The third kappa shape index (κ3) is 11.8. The molecule has 0 aliphatic rings. The number of aryl methyl sites for hydroxylation is 1. The molecule has 0 spiro atoms. The number of halogens is 1. The molecule has 0 saturated carbocycles. The number of alkyl halides is 1. The first-order valence-electron chi connectivity index (χ1n) is 15.6. The molecule has 2 heterocycles. The molecule has 46 heavy (non-hydrogen) atoms. The van der Waals surface area contributed by atoms with Gasteiger partial charge in [-0.15, -0.1) is 23.5 Å². The quantitative estimate of drug-likeness (QED) is 0.0958. The van der Waals surface area contributed by atoms with Gasteiger partial charge in [-0.1, -0.05) is 62.7 Å². The van der Waals surface area contributed by atoms with E-state index in [-0.39, 0.29) is 29.5 Å². The Morgan fingerprint density at radius 1 is 0.891 bits per heavy atom. The van der Waals surface area contributed by atoms with Gasteiger partial charge in [0, 0.05) is 61.9 Å². The van der Waals surface area contributed by atoms with Crippen LogP contribution in [-0.4, -0.2) is 57.2 Å². The van der Waals surface area contributed by atoms with Crippen LogP contribution >= 0.6 is 39.5 Å². The standard InChI is InChI=1S/C16H21NOS.C13H15NOS.C7H14BrNO2/c1-5-8-17-14-10-13(19-4)7-6-12(14)9-15(17)16(18)11(2)3;1-8(2)13(15)12-6-9-4-5-10(16-3)7-11(9)14-12;1-7(2,3)11-6(10)9-5-4-8/h6-7,9-11H,5,8H2,1-4H3;4-8,14H,1-3H3;4-5H2,1-3H3,(H,9,10). The number of aromatic amines is 1. The molecule has 0 unspecified atom stereocenters. The van der Waals surface area contributed by atoms with Crippen molar-refractivity contribution in [2.45, 2.75) is 83.7 Å². The van der Waals surface area contributed by atoms with Gasteiger partial charge in [-0.2, -0.15) is 0 Å². The molecule has 0 atom stereocenters. The number of carbonyl (C=O) groups excluding carboxylic acids is 3. The lowest BCUT2D eigenvalue weighted by atomic mass is 10.1. The number of rotatable bonds is 10. The Morgan fingerprint density at radius 2 is 1.48 bits per heavy atom. The lowest BCUT2D eigenvalue weighted by Crippen LogP contribution is -2.33. The van der Waals surface area contributed by atoms with Gasteiger partial charge in [0.2, 0.25) is 0 Å². The fourth-order valence-electron chi connectivity index (χ4n) is 4.47. The number of ether oxygens (including phenoxy) is 1. The van der Waals surface area contributed by atoms with E-state index in [0.29, 0.717) is 12.2 Å². The van der Waals surface area contributed by atoms with Crippen LogP contribution in [0.15, 0.2) is 58.3 Å². The first-order chi connectivity index (χ1) is 21.6. The Bertz CT molecular complexity index is 1600. The van der Waals surface area contributed by atoms with Gasteiger partial charge in [0.15, 0.2) is 11.6 Å². The largest absolute Gasteiger partial charge is 0.444 e. The predicted molar refractivity (Wildman–Crippen MR) is 200 cm³/mol. The van der Waals surface area contributed by atoms with Crippen LogP contribution in [0.1, 0.15) is 82.8 Å². The fraction of sp³-hybridized carbons (Fsp3) is 0.472. The van der Waals surface area contributed by atoms with E-state index in [1.807, 2.05) is 66.9 Å². The van der Waals surface area contributed by atoms with Gasteiger partial charge in [0.25, 0.3) is 0 Å². The van der Waals surface area contributed by atoms with E-state index in [1.54, 1.807) is 23.5 Å². The molecule has 2 aromatic heterocycles. The number of H-pyrrole nitrogens is 1. The van der Waals surface area contributed by atoms with Crippen molar-refractivity contribution in [2.24, 2.45) is 11.8 Å². The van der Waals surface area contributed by atoms with Crippen molar-refractivity contribution in [2.75, 3.05) is 24.4 Å². The molecule has 0 aliphatic heterocycles. The Morgan fingerprint density at radius 3 is 2.00 bits per heavy atom. The molecule has 1 amide bonds. The molecule has 10 heteroatoms. The summed E-state index contributed by atoms with van der Waals surface area (Å²) in [6.07, 6.45) is 4.79. The Balaban J connectivity index is 0.000000250. The molecule has 2 aromatic carbocycles. The summed E-state index contributed by atoms with van der Waals surface area (Å²) >= 11 is 6.63. The maximum absolute atomic E-state index is 12.3. The number of hydrogen-bond donors (Lipinski definition) is 2. The van der Waals surface area contributed by atoms with E-state index >= 15 is 0 Å². The SMILES string of the molecule is CC(C)(C)OC(=O)NCCBr.CCCn1c(C(=O)C(C)C)cc2ccc(SC)cc21.CSc1ccc2cc(C(=O)C(C)C)[nH]c2c1. The van der Waals surface area contributed by atoms with Crippen LogP contribution in [0.4, 0.5) is 4.79 Å². The number of alkyl carbamates (subject to hydrolysis) is 1. The van der Waals surface area contributed by atoms with Gasteiger partial charge in [-0.3, -0.25) is 9.59 Å². The van der Waals surface area contributed by atoms with E-state index in [0.717, 1.165) is 40.3 Å². The van der Waals surface area contributed by atoms with E-state index in [4.69, 9.17) is 4.74 Å². The number of fused-ring (bicyclic) bond motifs is 2. The molecule has 7 nitrogen and oxygen atoms in total. The third-order valence-electron chi connectivity index (χ3n) is 6.72. The summed E-state index contributed by atoms with van der Waals surface area (Å²) in [6.45, 7) is 16.9. The van der Waals surface area contributed by atoms with Crippen LogP contribution in [0.25, 0.3) is 21.8 Å². The first-order valence-corrected chi connectivity index (χ1v) is 19.2. The second-order valence-corrected chi connectivity index (χ2v) is 15.0. The van der Waals surface area contributed by atoms with Crippen molar-refractivity contribution in [3.63, 3.8) is 0 Å². The van der Waals surface area contributed by atoms with Crippen LogP contribution in [0.2, 0.25) is 0 Å². The fourth-order valence-corrected chi connectivity index (χ4v) is 5.54. The molecule has 0 fully saturated rings. The van der Waals surface area contributed by atoms with Gasteiger partial charge >= 0.3 is 6.09 Å². The minimum Gasteiger partial charge on any atom is -0.444 e. The highest BCUT2D eigenvalue weighted by atomic mass is 79.9. The van der Waals surface area contributed by atoms with Crippen molar-refractivity contribution in [3.05, 3.63) is 59.9 Å². The Kier molecular flexibility index (Phi) is 16.0. The second-order valence-electron chi connectivity index (χ2n) is 12.4. The molecule has 4 rings (SSSR count). The molecule has 0 saturated heterocycles. The molecule has 0 bridgehead atoms. The van der Waals surface area contributed by atoms with Gasteiger partial charge < -0.3 is 19.6 Å². The molecule has 2 N–H and O–H groups in total. The first kappa shape index (κ1) is 39.5. The van der Waals surface area contributed by atoms with Crippen LogP contribution < -0.4 is 5.32 Å². The summed E-state index contributed by atoms with van der Waals surface area (Å²) in [5.74, 6) is 0.477. The zero-order valence-corrected chi connectivity index (χ0v) is 32.1. The number of benzene rings is 2.